The van der Waals surface area contributed by atoms with Crippen molar-refractivity contribution in [3.05, 3.63) is 70.0 Å². The molecule has 0 atom stereocenters. The Balaban J connectivity index is 2.44. The summed E-state index contributed by atoms with van der Waals surface area (Å²) in [7, 11) is 0. The van der Waals surface area contributed by atoms with Gasteiger partial charge in [0.05, 0.1) is 5.02 Å². The summed E-state index contributed by atoms with van der Waals surface area (Å²) in [4.78, 5) is 11.9. The number of benzene rings is 2. The number of rotatable bonds is 2. The molecule has 0 N–H and O–H groups in total. The third kappa shape index (κ3) is 2.38. The molecule has 0 saturated heterocycles. The number of carbonyl (C=O) groups excluding carboxylic acids is 1. The van der Waals surface area contributed by atoms with Crippen molar-refractivity contribution in [3.8, 4) is 0 Å². The van der Waals surface area contributed by atoms with E-state index in [0.29, 0.717) is 0 Å². The Labute approximate surface area is 106 Å². The molecule has 0 aliphatic heterocycles. The van der Waals surface area contributed by atoms with Gasteiger partial charge in [0.1, 0.15) is 5.82 Å². The molecule has 5 heteroatoms. The van der Waals surface area contributed by atoms with Crippen molar-refractivity contribution in [2.45, 2.75) is 0 Å². The van der Waals surface area contributed by atoms with Gasteiger partial charge in [0.2, 0.25) is 0 Å². The molecule has 0 unspecified atom stereocenters. The van der Waals surface area contributed by atoms with Crippen LogP contribution in [0.5, 0.6) is 0 Å². The lowest BCUT2D eigenvalue weighted by Gasteiger charge is -2.04. The summed E-state index contributed by atoms with van der Waals surface area (Å²) >= 11 is 5.72. The maximum absolute atomic E-state index is 13.0. The minimum Gasteiger partial charge on any atom is -0.289 e. The van der Waals surface area contributed by atoms with Gasteiger partial charge in [-0.3, -0.25) is 4.79 Å². The molecule has 0 radical (unpaired) electrons. The average Bonchev–Trinajstić information content (AvgIpc) is 2.32. The first-order chi connectivity index (χ1) is 8.49. The molecular formula is C13H6ClF3O. The Morgan fingerprint density at radius 2 is 1.67 bits per heavy atom. The predicted octanol–water partition coefficient (Wildman–Crippen LogP) is 3.99. The first-order valence-corrected chi connectivity index (χ1v) is 5.31. The van der Waals surface area contributed by atoms with Crippen LogP contribution in [0.3, 0.4) is 0 Å². The summed E-state index contributed by atoms with van der Waals surface area (Å²) in [5, 5.41) is -0.0790. The third-order valence-electron chi connectivity index (χ3n) is 2.36. The second-order valence-electron chi connectivity index (χ2n) is 3.58. The molecular weight excluding hydrogens is 265 g/mol. The van der Waals surface area contributed by atoms with E-state index in [2.05, 4.69) is 0 Å². The van der Waals surface area contributed by atoms with Crippen molar-refractivity contribution in [3.63, 3.8) is 0 Å². The van der Waals surface area contributed by atoms with Crippen LogP contribution >= 0.6 is 11.6 Å². The van der Waals surface area contributed by atoms with E-state index >= 15 is 0 Å². The van der Waals surface area contributed by atoms with Crippen LogP contribution in [-0.4, -0.2) is 5.78 Å². The molecule has 2 aromatic carbocycles. The first-order valence-electron chi connectivity index (χ1n) is 4.94. The highest BCUT2D eigenvalue weighted by molar-refractivity contribution is 6.35. The lowest BCUT2D eigenvalue weighted by molar-refractivity contribution is 0.103. The summed E-state index contributed by atoms with van der Waals surface area (Å²) in [5.74, 6) is -3.35. The smallest absolute Gasteiger partial charge is 0.194 e. The van der Waals surface area contributed by atoms with Crippen molar-refractivity contribution in [2.24, 2.45) is 0 Å². The zero-order valence-electron chi connectivity index (χ0n) is 8.88. The highest BCUT2D eigenvalue weighted by atomic mass is 35.5. The van der Waals surface area contributed by atoms with E-state index < -0.39 is 23.2 Å². The highest BCUT2D eigenvalue weighted by Crippen LogP contribution is 2.21. The number of carbonyl (C=O) groups is 1. The van der Waals surface area contributed by atoms with E-state index in [0.717, 1.165) is 30.3 Å². The van der Waals surface area contributed by atoms with E-state index in [-0.39, 0.29) is 16.1 Å². The molecule has 18 heavy (non-hydrogen) atoms. The standard InChI is InChI=1S/C13H6ClF3O/c14-10-6-8(15)2-3-9(10)13(18)7-1-4-11(16)12(17)5-7/h1-6H. The Hall–Kier alpha value is -1.81. The lowest BCUT2D eigenvalue weighted by Crippen LogP contribution is -2.03. The molecule has 0 bridgehead atoms. The van der Waals surface area contributed by atoms with Crippen molar-refractivity contribution in [1.29, 1.82) is 0 Å². The Morgan fingerprint density at radius 3 is 2.28 bits per heavy atom. The van der Waals surface area contributed by atoms with Gasteiger partial charge in [-0.1, -0.05) is 11.6 Å². The normalized spacial score (nSPS) is 10.4. The molecule has 0 spiro atoms. The fraction of sp³-hybridized carbons (Fsp3) is 0. The summed E-state index contributed by atoms with van der Waals surface area (Å²) in [6.45, 7) is 0. The van der Waals surface area contributed by atoms with Crippen molar-refractivity contribution < 1.29 is 18.0 Å². The van der Waals surface area contributed by atoms with Gasteiger partial charge < -0.3 is 0 Å². The molecule has 0 aromatic heterocycles. The minimum atomic E-state index is -1.13. The van der Waals surface area contributed by atoms with Gasteiger partial charge in [0.25, 0.3) is 0 Å². The quantitative estimate of drug-likeness (QED) is 0.754. The zero-order valence-corrected chi connectivity index (χ0v) is 9.64. The van der Waals surface area contributed by atoms with Gasteiger partial charge in [0.15, 0.2) is 17.4 Å². The maximum atomic E-state index is 13.0. The molecule has 2 aromatic rings. The Morgan fingerprint density at radius 1 is 0.944 bits per heavy atom. The molecule has 0 aliphatic carbocycles. The number of halogens is 4. The molecule has 0 aliphatic rings. The Bertz CT molecular complexity index is 626. The van der Waals surface area contributed by atoms with E-state index in [4.69, 9.17) is 11.6 Å². The van der Waals surface area contributed by atoms with Crippen LogP contribution in [0.15, 0.2) is 36.4 Å². The fourth-order valence-corrected chi connectivity index (χ4v) is 1.72. The van der Waals surface area contributed by atoms with Crippen LogP contribution in [0.2, 0.25) is 5.02 Å². The van der Waals surface area contributed by atoms with Crippen molar-refractivity contribution in [2.75, 3.05) is 0 Å². The topological polar surface area (TPSA) is 17.1 Å². The maximum Gasteiger partial charge on any atom is 0.194 e. The van der Waals surface area contributed by atoms with E-state index in [9.17, 15) is 18.0 Å². The van der Waals surface area contributed by atoms with Crippen LogP contribution in [0.1, 0.15) is 15.9 Å². The second-order valence-corrected chi connectivity index (χ2v) is 3.99. The Kier molecular flexibility index (Phi) is 3.39. The minimum absolute atomic E-state index is 0.0316. The zero-order chi connectivity index (χ0) is 13.3. The molecule has 1 nitrogen and oxygen atoms in total. The monoisotopic (exact) mass is 270 g/mol. The molecule has 2 rings (SSSR count). The highest BCUT2D eigenvalue weighted by Gasteiger charge is 2.15. The number of hydrogen-bond donors (Lipinski definition) is 0. The molecule has 0 fully saturated rings. The molecule has 92 valence electrons. The van der Waals surface area contributed by atoms with Crippen LogP contribution in [0.25, 0.3) is 0 Å². The van der Waals surface area contributed by atoms with E-state index in [1.54, 1.807) is 0 Å². The fourth-order valence-electron chi connectivity index (χ4n) is 1.47. The van der Waals surface area contributed by atoms with E-state index in [1.165, 1.54) is 6.07 Å². The predicted molar refractivity (Wildman–Crippen MR) is 61.2 cm³/mol. The van der Waals surface area contributed by atoms with Gasteiger partial charge in [-0.2, -0.15) is 0 Å². The van der Waals surface area contributed by atoms with Crippen LogP contribution in [0.4, 0.5) is 13.2 Å². The lowest BCUT2D eigenvalue weighted by atomic mass is 10.0. The first kappa shape index (κ1) is 12.6. The van der Waals surface area contributed by atoms with Gasteiger partial charge >= 0.3 is 0 Å². The average molecular weight is 271 g/mol. The summed E-state index contributed by atoms with van der Waals surface area (Å²) in [5.41, 5.74) is -0.0218. The largest absolute Gasteiger partial charge is 0.289 e. The van der Waals surface area contributed by atoms with Gasteiger partial charge in [-0.15, -0.1) is 0 Å². The van der Waals surface area contributed by atoms with Gasteiger partial charge in [-0.05, 0) is 36.4 Å². The summed E-state index contributed by atoms with van der Waals surface area (Å²) < 4.78 is 38.6. The summed E-state index contributed by atoms with van der Waals surface area (Å²) in [6.07, 6.45) is 0. The van der Waals surface area contributed by atoms with Gasteiger partial charge in [-0.25, -0.2) is 13.2 Å². The SMILES string of the molecule is O=C(c1ccc(F)c(F)c1)c1ccc(F)cc1Cl. The summed E-state index contributed by atoms with van der Waals surface area (Å²) in [6, 6.07) is 6.01. The van der Waals surface area contributed by atoms with Crippen molar-refractivity contribution >= 4 is 17.4 Å². The third-order valence-corrected chi connectivity index (χ3v) is 2.67. The van der Waals surface area contributed by atoms with E-state index in [1.807, 2.05) is 0 Å². The van der Waals surface area contributed by atoms with Crippen LogP contribution in [-0.2, 0) is 0 Å². The molecule has 0 heterocycles. The molecule has 0 saturated carbocycles. The molecule has 0 amide bonds. The van der Waals surface area contributed by atoms with Crippen molar-refractivity contribution in [1.82, 2.24) is 0 Å². The number of ketones is 1. The van der Waals surface area contributed by atoms with Crippen LogP contribution in [0, 0.1) is 17.5 Å². The second kappa shape index (κ2) is 4.82. The number of hydrogen-bond acceptors (Lipinski definition) is 1. The van der Waals surface area contributed by atoms with Crippen LogP contribution < -0.4 is 0 Å². The van der Waals surface area contributed by atoms with Gasteiger partial charge in [0, 0.05) is 11.1 Å².